The monoisotopic (exact) mass is 208 g/mol. The van der Waals surface area contributed by atoms with Gasteiger partial charge in [0.15, 0.2) is 0 Å². The third kappa shape index (κ3) is 13.0. The Kier molecular flexibility index (Phi) is 12.2. The van der Waals surface area contributed by atoms with E-state index in [4.69, 9.17) is 4.74 Å². The van der Waals surface area contributed by atoms with Gasteiger partial charge in [0.1, 0.15) is 6.61 Å². The third-order valence-electron chi connectivity index (χ3n) is 2.11. The van der Waals surface area contributed by atoms with E-state index in [-0.39, 0.29) is 0 Å². The lowest BCUT2D eigenvalue weighted by Crippen LogP contribution is -1.77. The van der Waals surface area contributed by atoms with Crippen LogP contribution in [0.25, 0.3) is 0 Å². The Balaban J connectivity index is 3.16. The SMILES string of the molecule is C=CCO/C=C\C=C\CCCCCCC. The Bertz CT molecular complexity index is 180. The maximum absolute atomic E-state index is 5.09. The lowest BCUT2D eigenvalue weighted by Gasteiger charge is -1.95. The molecule has 0 fully saturated rings. The fourth-order valence-electron chi connectivity index (χ4n) is 1.27. The van der Waals surface area contributed by atoms with E-state index in [0.29, 0.717) is 6.61 Å². The fraction of sp³-hybridized carbons (Fsp3) is 0.571. The first-order chi connectivity index (χ1) is 7.41. The summed E-state index contributed by atoms with van der Waals surface area (Å²) in [7, 11) is 0. The molecule has 0 aliphatic heterocycles. The summed E-state index contributed by atoms with van der Waals surface area (Å²) in [4.78, 5) is 0. The molecular formula is C14H24O. The van der Waals surface area contributed by atoms with Crippen LogP contribution in [0.3, 0.4) is 0 Å². The van der Waals surface area contributed by atoms with Crippen LogP contribution in [0.1, 0.15) is 45.4 Å². The van der Waals surface area contributed by atoms with Crippen molar-refractivity contribution in [2.45, 2.75) is 45.4 Å². The van der Waals surface area contributed by atoms with Gasteiger partial charge in [-0.1, -0.05) is 57.4 Å². The summed E-state index contributed by atoms with van der Waals surface area (Å²) in [6, 6.07) is 0. The fourth-order valence-corrected chi connectivity index (χ4v) is 1.27. The van der Waals surface area contributed by atoms with Crippen molar-refractivity contribution in [3.05, 3.63) is 37.1 Å². The van der Waals surface area contributed by atoms with Crippen LogP contribution in [0.5, 0.6) is 0 Å². The van der Waals surface area contributed by atoms with E-state index in [1.165, 1.54) is 38.5 Å². The van der Waals surface area contributed by atoms with Crippen molar-refractivity contribution < 1.29 is 4.74 Å². The van der Waals surface area contributed by atoms with Gasteiger partial charge in [-0.05, 0) is 18.9 Å². The first kappa shape index (κ1) is 14.0. The van der Waals surface area contributed by atoms with Gasteiger partial charge in [0.25, 0.3) is 0 Å². The molecule has 1 heteroatoms. The highest BCUT2D eigenvalue weighted by Crippen LogP contribution is 2.05. The van der Waals surface area contributed by atoms with Crippen LogP contribution < -0.4 is 0 Å². The minimum atomic E-state index is 0.585. The second-order valence-corrected chi connectivity index (χ2v) is 3.58. The van der Waals surface area contributed by atoms with E-state index in [1.54, 1.807) is 12.3 Å². The quantitative estimate of drug-likeness (QED) is 0.220. The van der Waals surface area contributed by atoms with Crippen molar-refractivity contribution in [1.29, 1.82) is 0 Å². The zero-order chi connectivity index (χ0) is 11.2. The Morgan fingerprint density at radius 1 is 1.07 bits per heavy atom. The highest BCUT2D eigenvalue weighted by Gasteiger charge is 1.85. The van der Waals surface area contributed by atoms with E-state index < -0.39 is 0 Å². The zero-order valence-corrected chi connectivity index (χ0v) is 9.95. The second-order valence-electron chi connectivity index (χ2n) is 3.58. The van der Waals surface area contributed by atoms with Crippen molar-refractivity contribution in [3.63, 3.8) is 0 Å². The van der Waals surface area contributed by atoms with Crippen LogP contribution in [-0.2, 0) is 4.74 Å². The van der Waals surface area contributed by atoms with E-state index in [9.17, 15) is 0 Å². The normalized spacial score (nSPS) is 11.3. The number of ether oxygens (including phenoxy) is 1. The van der Waals surface area contributed by atoms with E-state index in [2.05, 4.69) is 19.6 Å². The van der Waals surface area contributed by atoms with Gasteiger partial charge in [-0.3, -0.25) is 0 Å². The van der Waals surface area contributed by atoms with E-state index in [0.717, 1.165) is 0 Å². The molecule has 0 radical (unpaired) electrons. The van der Waals surface area contributed by atoms with Gasteiger partial charge in [0, 0.05) is 0 Å². The average Bonchev–Trinajstić information content (AvgIpc) is 2.26. The van der Waals surface area contributed by atoms with Crippen molar-refractivity contribution in [1.82, 2.24) is 0 Å². The van der Waals surface area contributed by atoms with Crippen molar-refractivity contribution in [2.24, 2.45) is 0 Å². The molecule has 0 heterocycles. The maximum Gasteiger partial charge on any atom is 0.105 e. The minimum Gasteiger partial charge on any atom is -0.497 e. The van der Waals surface area contributed by atoms with E-state index >= 15 is 0 Å². The summed E-state index contributed by atoms with van der Waals surface area (Å²) in [5, 5.41) is 0. The topological polar surface area (TPSA) is 9.23 Å². The largest absolute Gasteiger partial charge is 0.497 e. The van der Waals surface area contributed by atoms with Gasteiger partial charge >= 0.3 is 0 Å². The smallest absolute Gasteiger partial charge is 0.105 e. The van der Waals surface area contributed by atoms with Gasteiger partial charge < -0.3 is 4.74 Å². The summed E-state index contributed by atoms with van der Waals surface area (Å²) in [6.07, 6.45) is 17.5. The summed E-state index contributed by atoms with van der Waals surface area (Å²) in [5.74, 6) is 0. The molecule has 0 aromatic rings. The molecule has 0 unspecified atom stereocenters. The standard InChI is InChI=1S/C14H24O/c1-3-5-6-7-8-9-10-11-12-14-15-13-4-2/h4,10-12,14H,2-3,5-9,13H2,1H3/b11-10+,14-12-. The molecule has 0 aromatic heterocycles. The second kappa shape index (κ2) is 13.0. The molecule has 0 saturated heterocycles. The predicted molar refractivity (Wildman–Crippen MR) is 67.8 cm³/mol. The lowest BCUT2D eigenvalue weighted by atomic mass is 10.1. The van der Waals surface area contributed by atoms with Crippen LogP contribution in [0, 0.1) is 0 Å². The molecule has 0 amide bonds. The Morgan fingerprint density at radius 2 is 1.87 bits per heavy atom. The third-order valence-corrected chi connectivity index (χ3v) is 2.11. The summed E-state index contributed by atoms with van der Waals surface area (Å²) in [6.45, 7) is 6.40. The van der Waals surface area contributed by atoms with Gasteiger partial charge in [-0.15, -0.1) is 0 Å². The van der Waals surface area contributed by atoms with Gasteiger partial charge in [0.2, 0.25) is 0 Å². The van der Waals surface area contributed by atoms with Crippen LogP contribution in [-0.4, -0.2) is 6.61 Å². The number of unbranched alkanes of at least 4 members (excludes halogenated alkanes) is 5. The molecule has 0 rings (SSSR count). The molecule has 1 nitrogen and oxygen atoms in total. The molecule has 0 N–H and O–H groups in total. The zero-order valence-electron chi connectivity index (χ0n) is 9.95. The Labute approximate surface area is 94.5 Å². The van der Waals surface area contributed by atoms with Crippen LogP contribution >= 0.6 is 0 Å². The highest BCUT2D eigenvalue weighted by atomic mass is 16.5. The number of allylic oxidation sites excluding steroid dienone is 3. The molecule has 0 saturated carbocycles. The lowest BCUT2D eigenvalue weighted by molar-refractivity contribution is 0.290. The van der Waals surface area contributed by atoms with E-state index in [1.807, 2.05) is 12.2 Å². The molecule has 0 aromatic carbocycles. The van der Waals surface area contributed by atoms with Gasteiger partial charge in [-0.25, -0.2) is 0 Å². The average molecular weight is 208 g/mol. The first-order valence-electron chi connectivity index (χ1n) is 5.96. The number of hydrogen-bond donors (Lipinski definition) is 0. The summed E-state index contributed by atoms with van der Waals surface area (Å²) in [5.41, 5.74) is 0. The number of rotatable bonds is 10. The number of hydrogen-bond acceptors (Lipinski definition) is 1. The molecule has 86 valence electrons. The molecular weight excluding hydrogens is 184 g/mol. The Morgan fingerprint density at radius 3 is 2.60 bits per heavy atom. The maximum atomic E-state index is 5.09. The molecule has 0 spiro atoms. The highest BCUT2D eigenvalue weighted by molar-refractivity contribution is 4.99. The first-order valence-corrected chi connectivity index (χ1v) is 5.96. The molecule has 0 aliphatic rings. The Hall–Kier alpha value is -0.980. The van der Waals surface area contributed by atoms with Gasteiger partial charge in [0.05, 0.1) is 6.26 Å². The molecule has 15 heavy (non-hydrogen) atoms. The van der Waals surface area contributed by atoms with Crippen molar-refractivity contribution in [2.75, 3.05) is 6.61 Å². The molecule has 0 atom stereocenters. The van der Waals surface area contributed by atoms with Crippen molar-refractivity contribution >= 4 is 0 Å². The summed E-state index contributed by atoms with van der Waals surface area (Å²) >= 11 is 0. The molecule has 0 aliphatic carbocycles. The van der Waals surface area contributed by atoms with Crippen molar-refractivity contribution in [3.8, 4) is 0 Å². The van der Waals surface area contributed by atoms with Gasteiger partial charge in [-0.2, -0.15) is 0 Å². The van der Waals surface area contributed by atoms with Crippen LogP contribution in [0.2, 0.25) is 0 Å². The van der Waals surface area contributed by atoms with Crippen LogP contribution in [0.4, 0.5) is 0 Å². The minimum absolute atomic E-state index is 0.585. The summed E-state index contributed by atoms with van der Waals surface area (Å²) < 4.78 is 5.09. The molecule has 0 bridgehead atoms. The van der Waals surface area contributed by atoms with Crippen LogP contribution in [0.15, 0.2) is 37.1 Å². The predicted octanol–water partition coefficient (Wildman–Crippen LogP) is 4.62.